The molecule has 0 radical (unpaired) electrons. The minimum absolute atomic E-state index is 0.0654. The number of alkyl halides is 3. The Labute approximate surface area is 109 Å². The lowest BCUT2D eigenvalue weighted by molar-refractivity contribution is -0.173. The normalized spacial score (nSPS) is 11.6. The maximum Gasteiger partial charge on any atom is 0.411 e. The average molecular weight is 282 g/mol. The molecule has 0 aliphatic carbocycles. The molecule has 0 unspecified atom stereocenters. The third kappa shape index (κ3) is 5.60. The average Bonchev–Trinajstić information content (AvgIpc) is 2.27. The molecule has 0 bridgehead atoms. The van der Waals surface area contributed by atoms with Crippen LogP contribution in [0.1, 0.15) is 12.0 Å². The number of hydrogen-bond donors (Lipinski definition) is 1. The zero-order valence-corrected chi connectivity index (χ0v) is 10.7. The summed E-state index contributed by atoms with van der Waals surface area (Å²) in [6.07, 6.45) is -3.77. The number of halogens is 4. The lowest BCUT2D eigenvalue weighted by atomic mass is 10.2. The van der Waals surface area contributed by atoms with E-state index in [9.17, 15) is 13.2 Å². The highest BCUT2D eigenvalue weighted by Gasteiger charge is 2.27. The number of hydrogen-bond acceptors (Lipinski definition) is 2. The molecule has 2 nitrogen and oxygen atoms in total. The van der Waals surface area contributed by atoms with Crippen LogP contribution in [0.3, 0.4) is 0 Å². The highest BCUT2D eigenvalue weighted by molar-refractivity contribution is 6.33. The maximum atomic E-state index is 11.8. The minimum Gasteiger partial charge on any atom is -0.384 e. The largest absolute Gasteiger partial charge is 0.411 e. The number of aryl methyl sites for hydroxylation is 1. The van der Waals surface area contributed by atoms with Crippen molar-refractivity contribution < 1.29 is 17.9 Å². The SMILES string of the molecule is Cc1cccc(NCCCOCC(F)(F)F)c1Cl. The van der Waals surface area contributed by atoms with E-state index < -0.39 is 12.8 Å². The van der Waals surface area contributed by atoms with Gasteiger partial charge >= 0.3 is 6.18 Å². The second-order valence-corrected chi connectivity index (χ2v) is 4.26. The Hall–Kier alpha value is -0.940. The van der Waals surface area contributed by atoms with Crippen LogP contribution in [-0.4, -0.2) is 25.9 Å². The van der Waals surface area contributed by atoms with Crippen LogP contribution >= 0.6 is 11.6 Å². The molecule has 0 amide bonds. The predicted molar refractivity (Wildman–Crippen MR) is 66.2 cm³/mol. The summed E-state index contributed by atoms with van der Waals surface area (Å²) in [5.41, 5.74) is 1.74. The summed E-state index contributed by atoms with van der Waals surface area (Å²) in [5, 5.41) is 3.69. The fourth-order valence-corrected chi connectivity index (χ4v) is 1.56. The van der Waals surface area contributed by atoms with Crippen LogP contribution in [0.25, 0.3) is 0 Å². The van der Waals surface area contributed by atoms with Gasteiger partial charge in [-0.05, 0) is 25.0 Å². The summed E-state index contributed by atoms with van der Waals surface area (Å²) in [5.74, 6) is 0. The molecular formula is C12H15ClF3NO. The standard InChI is InChI=1S/C12H15ClF3NO/c1-9-4-2-5-10(11(9)13)17-6-3-7-18-8-12(14,15)16/h2,4-5,17H,3,6-8H2,1H3. The Morgan fingerprint density at radius 1 is 1.33 bits per heavy atom. The van der Waals surface area contributed by atoms with Gasteiger partial charge in [0.2, 0.25) is 0 Å². The topological polar surface area (TPSA) is 21.3 Å². The fraction of sp³-hybridized carbons (Fsp3) is 0.500. The van der Waals surface area contributed by atoms with Gasteiger partial charge in [-0.25, -0.2) is 0 Å². The van der Waals surface area contributed by atoms with Crippen LogP contribution in [0.15, 0.2) is 18.2 Å². The number of benzene rings is 1. The molecule has 102 valence electrons. The van der Waals surface area contributed by atoms with E-state index in [0.29, 0.717) is 18.0 Å². The number of ether oxygens (including phenoxy) is 1. The number of rotatable bonds is 6. The smallest absolute Gasteiger partial charge is 0.384 e. The van der Waals surface area contributed by atoms with E-state index in [-0.39, 0.29) is 6.61 Å². The summed E-state index contributed by atoms with van der Waals surface area (Å²) >= 11 is 6.05. The fourth-order valence-electron chi connectivity index (χ4n) is 1.37. The van der Waals surface area contributed by atoms with Crippen LogP contribution in [0.4, 0.5) is 18.9 Å². The van der Waals surface area contributed by atoms with Gasteiger partial charge in [0, 0.05) is 13.2 Å². The summed E-state index contributed by atoms with van der Waals surface area (Å²) in [4.78, 5) is 0. The van der Waals surface area contributed by atoms with Crippen LogP contribution < -0.4 is 5.32 Å². The van der Waals surface area contributed by atoms with Crippen LogP contribution in [0, 0.1) is 6.92 Å². The third-order valence-electron chi connectivity index (χ3n) is 2.24. The Morgan fingerprint density at radius 2 is 2.06 bits per heavy atom. The predicted octanol–water partition coefficient (Wildman–Crippen LogP) is 4.03. The monoisotopic (exact) mass is 281 g/mol. The Kier molecular flexibility index (Phi) is 5.75. The van der Waals surface area contributed by atoms with Crippen molar-refractivity contribution in [1.82, 2.24) is 0 Å². The van der Waals surface area contributed by atoms with E-state index in [1.165, 1.54) is 0 Å². The molecule has 0 fully saturated rings. The van der Waals surface area contributed by atoms with Crippen LogP contribution in [0.2, 0.25) is 5.02 Å². The molecule has 6 heteroatoms. The summed E-state index contributed by atoms with van der Waals surface area (Å²) in [6, 6.07) is 5.58. The van der Waals surface area contributed by atoms with Gasteiger partial charge in [-0.1, -0.05) is 23.7 Å². The zero-order valence-electron chi connectivity index (χ0n) is 9.98. The molecule has 1 N–H and O–H groups in total. The van der Waals surface area contributed by atoms with Gasteiger partial charge < -0.3 is 10.1 Å². The quantitative estimate of drug-likeness (QED) is 0.795. The molecule has 18 heavy (non-hydrogen) atoms. The van der Waals surface area contributed by atoms with Crippen molar-refractivity contribution in [2.75, 3.05) is 25.1 Å². The highest BCUT2D eigenvalue weighted by Crippen LogP contribution is 2.24. The lowest BCUT2D eigenvalue weighted by Gasteiger charge is -2.10. The van der Waals surface area contributed by atoms with Crippen molar-refractivity contribution >= 4 is 17.3 Å². The molecule has 0 saturated carbocycles. The van der Waals surface area contributed by atoms with Gasteiger partial charge in [0.25, 0.3) is 0 Å². The Bertz CT molecular complexity index is 382. The summed E-state index contributed by atoms with van der Waals surface area (Å²) in [6.45, 7) is 1.27. The molecule has 0 atom stereocenters. The molecule has 1 aromatic rings. The molecule has 1 aromatic carbocycles. The second kappa shape index (κ2) is 6.85. The maximum absolute atomic E-state index is 11.8. The van der Waals surface area contributed by atoms with Crippen LogP contribution in [-0.2, 0) is 4.74 Å². The number of anilines is 1. The van der Waals surface area contributed by atoms with Crippen molar-refractivity contribution in [3.63, 3.8) is 0 Å². The first kappa shape index (κ1) is 15.1. The lowest BCUT2D eigenvalue weighted by Crippen LogP contribution is -2.18. The van der Waals surface area contributed by atoms with E-state index in [1.54, 1.807) is 0 Å². The van der Waals surface area contributed by atoms with E-state index in [4.69, 9.17) is 11.6 Å². The van der Waals surface area contributed by atoms with Crippen molar-refractivity contribution in [2.45, 2.75) is 19.5 Å². The van der Waals surface area contributed by atoms with Crippen molar-refractivity contribution in [3.8, 4) is 0 Å². The molecule has 1 rings (SSSR count). The van der Waals surface area contributed by atoms with Gasteiger partial charge in [-0.15, -0.1) is 0 Å². The van der Waals surface area contributed by atoms with E-state index >= 15 is 0 Å². The number of nitrogens with one attached hydrogen (secondary N) is 1. The van der Waals surface area contributed by atoms with Crippen molar-refractivity contribution in [3.05, 3.63) is 28.8 Å². The highest BCUT2D eigenvalue weighted by atomic mass is 35.5. The van der Waals surface area contributed by atoms with Crippen molar-refractivity contribution in [2.24, 2.45) is 0 Å². The third-order valence-corrected chi connectivity index (χ3v) is 2.74. The minimum atomic E-state index is -4.26. The van der Waals surface area contributed by atoms with Gasteiger partial charge in [0.05, 0.1) is 10.7 Å². The molecule has 0 spiro atoms. The van der Waals surface area contributed by atoms with E-state index in [0.717, 1.165) is 11.3 Å². The summed E-state index contributed by atoms with van der Waals surface area (Å²) < 4.78 is 39.8. The molecule has 0 aromatic heterocycles. The summed E-state index contributed by atoms with van der Waals surface area (Å²) in [7, 11) is 0. The van der Waals surface area contributed by atoms with Gasteiger partial charge in [0.1, 0.15) is 6.61 Å². The van der Waals surface area contributed by atoms with E-state index in [2.05, 4.69) is 10.1 Å². The Balaban J connectivity index is 2.20. The first-order valence-corrected chi connectivity index (χ1v) is 5.91. The second-order valence-electron chi connectivity index (χ2n) is 3.88. The molecule has 0 aliphatic heterocycles. The van der Waals surface area contributed by atoms with Gasteiger partial charge in [0.15, 0.2) is 0 Å². The van der Waals surface area contributed by atoms with Gasteiger partial charge in [-0.2, -0.15) is 13.2 Å². The van der Waals surface area contributed by atoms with E-state index in [1.807, 2.05) is 25.1 Å². The first-order valence-electron chi connectivity index (χ1n) is 5.53. The first-order chi connectivity index (χ1) is 8.40. The molecule has 0 saturated heterocycles. The van der Waals surface area contributed by atoms with Crippen LogP contribution in [0.5, 0.6) is 0 Å². The Morgan fingerprint density at radius 3 is 2.72 bits per heavy atom. The molecule has 0 heterocycles. The molecule has 0 aliphatic rings. The zero-order chi connectivity index (χ0) is 13.6. The molecular weight excluding hydrogens is 267 g/mol. The van der Waals surface area contributed by atoms with Gasteiger partial charge in [-0.3, -0.25) is 0 Å². The van der Waals surface area contributed by atoms with Crippen molar-refractivity contribution in [1.29, 1.82) is 0 Å².